The summed E-state index contributed by atoms with van der Waals surface area (Å²) in [5, 5.41) is 7.62. The molecule has 1 aliphatic carbocycles. The molecule has 30 heavy (non-hydrogen) atoms. The fraction of sp³-hybridized carbons (Fsp3) is 0.550. The molecule has 0 radical (unpaired) electrons. The molecule has 1 N–H and O–H groups in total. The van der Waals surface area contributed by atoms with E-state index in [1.165, 1.54) is 11.8 Å². The van der Waals surface area contributed by atoms with Crippen molar-refractivity contribution in [3.63, 3.8) is 0 Å². The lowest BCUT2D eigenvalue weighted by Gasteiger charge is -2.34. The zero-order valence-electron chi connectivity index (χ0n) is 16.9. The van der Waals surface area contributed by atoms with E-state index in [-0.39, 0.29) is 35.2 Å². The van der Waals surface area contributed by atoms with Gasteiger partial charge in [0.1, 0.15) is 5.75 Å². The number of nitrogens with zero attached hydrogens (tertiary/aromatic N) is 3. The SMILES string of the molecule is COc1ccc(-c2nc(SCC(=O)N(C3CCCC3)[C@H]3CCS(=O)(=O)C3)n[nH]2)cc1. The predicted octanol–water partition coefficient (Wildman–Crippen LogP) is 2.53. The number of hydrogen-bond donors (Lipinski definition) is 1. The van der Waals surface area contributed by atoms with E-state index in [2.05, 4.69) is 15.2 Å². The topological polar surface area (TPSA) is 105 Å². The Bertz CT molecular complexity index is 984. The van der Waals surface area contributed by atoms with E-state index < -0.39 is 9.84 Å². The average Bonchev–Trinajstić information content (AvgIpc) is 3.49. The molecule has 2 heterocycles. The molecule has 2 aliphatic rings. The van der Waals surface area contributed by atoms with Crippen LogP contribution in [0.15, 0.2) is 29.4 Å². The van der Waals surface area contributed by atoms with Crippen LogP contribution in [0.1, 0.15) is 32.1 Å². The minimum Gasteiger partial charge on any atom is -0.497 e. The maximum absolute atomic E-state index is 13.1. The van der Waals surface area contributed by atoms with Gasteiger partial charge in [-0.25, -0.2) is 13.4 Å². The Morgan fingerprint density at radius 1 is 1.20 bits per heavy atom. The number of amides is 1. The lowest BCUT2D eigenvalue weighted by atomic mass is 10.1. The van der Waals surface area contributed by atoms with Crippen LogP contribution in [-0.4, -0.2) is 70.9 Å². The molecule has 0 bridgehead atoms. The Morgan fingerprint density at radius 2 is 1.93 bits per heavy atom. The summed E-state index contributed by atoms with van der Waals surface area (Å²) in [6, 6.07) is 7.43. The normalized spacial score (nSPS) is 21.0. The van der Waals surface area contributed by atoms with Gasteiger partial charge in [-0.3, -0.25) is 9.89 Å². The van der Waals surface area contributed by atoms with Gasteiger partial charge in [0, 0.05) is 17.6 Å². The molecule has 1 amide bonds. The molecule has 1 saturated carbocycles. The zero-order chi connectivity index (χ0) is 21.1. The summed E-state index contributed by atoms with van der Waals surface area (Å²) < 4.78 is 29.1. The maximum Gasteiger partial charge on any atom is 0.233 e. The Morgan fingerprint density at radius 3 is 2.57 bits per heavy atom. The van der Waals surface area contributed by atoms with Crippen LogP contribution in [0.4, 0.5) is 0 Å². The van der Waals surface area contributed by atoms with E-state index >= 15 is 0 Å². The van der Waals surface area contributed by atoms with E-state index in [1.807, 2.05) is 29.2 Å². The first-order chi connectivity index (χ1) is 14.4. The molecule has 2 fully saturated rings. The number of carbonyl (C=O) groups excluding carboxylic acids is 1. The number of sulfone groups is 1. The fourth-order valence-electron chi connectivity index (χ4n) is 4.27. The van der Waals surface area contributed by atoms with E-state index in [1.54, 1.807) is 7.11 Å². The number of aromatic amines is 1. The monoisotopic (exact) mass is 450 g/mol. The highest BCUT2D eigenvalue weighted by Gasteiger charge is 2.38. The van der Waals surface area contributed by atoms with Gasteiger partial charge in [0.2, 0.25) is 11.1 Å². The molecule has 162 valence electrons. The van der Waals surface area contributed by atoms with Crippen LogP contribution in [0.5, 0.6) is 5.75 Å². The fourth-order valence-corrected chi connectivity index (χ4v) is 6.65. The Hall–Kier alpha value is -2.07. The molecule has 0 unspecified atom stereocenters. The Kier molecular flexibility index (Phi) is 6.33. The van der Waals surface area contributed by atoms with Crippen molar-refractivity contribution < 1.29 is 17.9 Å². The number of thioether (sulfide) groups is 1. The molecule has 1 aliphatic heterocycles. The quantitative estimate of drug-likeness (QED) is 0.646. The highest BCUT2D eigenvalue weighted by molar-refractivity contribution is 7.99. The molecule has 0 spiro atoms. The summed E-state index contributed by atoms with van der Waals surface area (Å²) in [6.45, 7) is 0. The van der Waals surface area contributed by atoms with Crippen molar-refractivity contribution in [1.29, 1.82) is 0 Å². The molecule has 2 aromatic rings. The third kappa shape index (κ3) is 4.80. The van der Waals surface area contributed by atoms with Crippen LogP contribution >= 0.6 is 11.8 Å². The number of H-pyrrole nitrogens is 1. The molecular formula is C20H26N4O4S2. The molecule has 1 aromatic carbocycles. The van der Waals surface area contributed by atoms with E-state index in [0.29, 0.717) is 17.4 Å². The van der Waals surface area contributed by atoms with Crippen molar-refractivity contribution in [2.24, 2.45) is 0 Å². The molecule has 4 rings (SSSR count). The van der Waals surface area contributed by atoms with Crippen LogP contribution in [0.25, 0.3) is 11.4 Å². The molecule has 1 atom stereocenters. The summed E-state index contributed by atoms with van der Waals surface area (Å²) in [5.74, 6) is 1.83. The summed E-state index contributed by atoms with van der Waals surface area (Å²) in [7, 11) is -1.43. The van der Waals surface area contributed by atoms with Crippen molar-refractivity contribution in [3.05, 3.63) is 24.3 Å². The highest BCUT2D eigenvalue weighted by atomic mass is 32.2. The lowest BCUT2D eigenvalue weighted by molar-refractivity contribution is -0.132. The number of benzene rings is 1. The molecule has 8 nitrogen and oxygen atoms in total. The highest BCUT2D eigenvalue weighted by Crippen LogP contribution is 2.30. The number of nitrogens with one attached hydrogen (secondary N) is 1. The number of aromatic nitrogens is 3. The first kappa shape index (κ1) is 21.2. The molecule has 1 aromatic heterocycles. The van der Waals surface area contributed by atoms with E-state index in [4.69, 9.17) is 4.74 Å². The Labute approximate surface area is 180 Å². The Balaban J connectivity index is 1.41. The third-order valence-electron chi connectivity index (χ3n) is 5.76. The van der Waals surface area contributed by atoms with Gasteiger partial charge >= 0.3 is 0 Å². The van der Waals surface area contributed by atoms with Crippen molar-refractivity contribution in [1.82, 2.24) is 20.1 Å². The van der Waals surface area contributed by atoms with Crippen molar-refractivity contribution in [2.45, 2.75) is 49.3 Å². The lowest BCUT2D eigenvalue weighted by Crippen LogP contribution is -2.47. The number of rotatable bonds is 7. The smallest absolute Gasteiger partial charge is 0.233 e. The number of ether oxygens (including phenoxy) is 1. The standard InChI is InChI=1S/C20H26N4O4S2/c1-28-17-8-6-14(7-9-17)19-21-20(23-22-19)29-12-18(25)24(15-4-2-3-5-15)16-10-11-30(26,27)13-16/h6-9,15-16H,2-5,10-13H2,1H3,(H,21,22,23)/t16-/m0/s1. The van der Waals surface area contributed by atoms with Gasteiger partial charge in [0.25, 0.3) is 0 Å². The van der Waals surface area contributed by atoms with Crippen molar-refractivity contribution in [3.8, 4) is 17.1 Å². The molecule has 10 heteroatoms. The number of methoxy groups -OCH3 is 1. The van der Waals surface area contributed by atoms with Crippen molar-refractivity contribution >= 4 is 27.5 Å². The van der Waals surface area contributed by atoms with E-state index in [9.17, 15) is 13.2 Å². The van der Waals surface area contributed by atoms with Gasteiger partial charge in [0.05, 0.1) is 24.4 Å². The van der Waals surface area contributed by atoms with Crippen LogP contribution in [-0.2, 0) is 14.6 Å². The second-order valence-electron chi connectivity index (χ2n) is 7.78. The van der Waals surface area contributed by atoms with Gasteiger partial charge < -0.3 is 9.64 Å². The minimum atomic E-state index is -3.04. The second kappa shape index (κ2) is 8.97. The summed E-state index contributed by atoms with van der Waals surface area (Å²) in [4.78, 5) is 19.4. The molecule has 1 saturated heterocycles. The van der Waals surface area contributed by atoms with Gasteiger partial charge in [-0.15, -0.1) is 5.10 Å². The van der Waals surface area contributed by atoms with Gasteiger partial charge in [-0.05, 0) is 43.5 Å². The van der Waals surface area contributed by atoms with Crippen LogP contribution in [0.2, 0.25) is 0 Å². The van der Waals surface area contributed by atoms with Gasteiger partial charge in [-0.1, -0.05) is 24.6 Å². The summed E-state index contributed by atoms with van der Waals surface area (Å²) in [5.41, 5.74) is 0.880. The van der Waals surface area contributed by atoms with Crippen LogP contribution in [0, 0.1) is 0 Å². The largest absolute Gasteiger partial charge is 0.497 e. The maximum atomic E-state index is 13.1. The third-order valence-corrected chi connectivity index (χ3v) is 8.34. The predicted molar refractivity (Wildman–Crippen MR) is 115 cm³/mol. The van der Waals surface area contributed by atoms with Crippen LogP contribution in [0.3, 0.4) is 0 Å². The van der Waals surface area contributed by atoms with Crippen molar-refractivity contribution in [2.75, 3.05) is 24.4 Å². The minimum absolute atomic E-state index is 0.0233. The van der Waals surface area contributed by atoms with E-state index in [0.717, 1.165) is 37.0 Å². The van der Waals surface area contributed by atoms with Gasteiger partial charge in [0.15, 0.2) is 15.7 Å². The first-order valence-corrected chi connectivity index (χ1v) is 13.0. The number of carbonyl (C=O) groups is 1. The average molecular weight is 451 g/mol. The van der Waals surface area contributed by atoms with Gasteiger partial charge in [-0.2, -0.15) is 0 Å². The number of hydrogen-bond acceptors (Lipinski definition) is 7. The van der Waals surface area contributed by atoms with Crippen LogP contribution < -0.4 is 4.74 Å². The zero-order valence-corrected chi connectivity index (χ0v) is 18.5. The second-order valence-corrected chi connectivity index (χ2v) is 11.0. The molecular weight excluding hydrogens is 424 g/mol. The summed E-state index contributed by atoms with van der Waals surface area (Å²) >= 11 is 1.28. The summed E-state index contributed by atoms with van der Waals surface area (Å²) in [6.07, 6.45) is 4.63. The first-order valence-electron chi connectivity index (χ1n) is 10.2.